The van der Waals surface area contributed by atoms with E-state index in [2.05, 4.69) is 5.32 Å². The van der Waals surface area contributed by atoms with Crippen LogP contribution in [0, 0.1) is 0 Å². The topological polar surface area (TPSA) is 67.8 Å². The lowest BCUT2D eigenvalue weighted by Crippen LogP contribution is -2.50. The molecule has 98 valence electrons. The molecule has 0 saturated carbocycles. The first kappa shape index (κ1) is 12.6. The van der Waals surface area contributed by atoms with E-state index < -0.39 is 17.3 Å². The lowest BCUT2D eigenvalue weighted by atomic mass is 9.85. The molecule has 5 nitrogen and oxygen atoms in total. The van der Waals surface area contributed by atoms with Crippen molar-refractivity contribution >= 4 is 6.09 Å². The van der Waals surface area contributed by atoms with Gasteiger partial charge in [-0.3, -0.25) is 0 Å². The Hall–Kier alpha value is -0.810. The maximum atomic E-state index is 11.5. The Bertz CT molecular complexity index is 312. The molecule has 2 aliphatic heterocycles. The van der Waals surface area contributed by atoms with Gasteiger partial charge in [-0.25, -0.2) is 4.79 Å². The van der Waals surface area contributed by atoms with Gasteiger partial charge in [0.1, 0.15) is 11.2 Å². The summed E-state index contributed by atoms with van der Waals surface area (Å²) in [6, 6.07) is 0. The van der Waals surface area contributed by atoms with Crippen molar-refractivity contribution in [3.05, 3.63) is 0 Å². The molecule has 2 aliphatic rings. The summed E-state index contributed by atoms with van der Waals surface area (Å²) in [5.41, 5.74) is -1.43. The second-order valence-electron chi connectivity index (χ2n) is 5.99. The van der Waals surface area contributed by atoms with Crippen LogP contribution in [0.15, 0.2) is 0 Å². The van der Waals surface area contributed by atoms with Gasteiger partial charge in [0.05, 0.1) is 18.8 Å². The van der Waals surface area contributed by atoms with Gasteiger partial charge in [-0.05, 0) is 33.6 Å². The first-order valence-corrected chi connectivity index (χ1v) is 6.13. The van der Waals surface area contributed by atoms with Crippen LogP contribution in [-0.2, 0) is 9.47 Å². The second kappa shape index (κ2) is 4.14. The van der Waals surface area contributed by atoms with E-state index in [-0.39, 0.29) is 18.8 Å². The first-order valence-electron chi connectivity index (χ1n) is 6.13. The van der Waals surface area contributed by atoms with Gasteiger partial charge in [0.2, 0.25) is 0 Å². The molecule has 1 amide bonds. The van der Waals surface area contributed by atoms with Crippen LogP contribution in [0.5, 0.6) is 0 Å². The van der Waals surface area contributed by atoms with E-state index in [0.29, 0.717) is 6.42 Å². The molecular weight excluding hydrogens is 222 g/mol. The molecule has 2 fully saturated rings. The fourth-order valence-electron chi connectivity index (χ4n) is 2.50. The standard InChI is InChI=1S/C12H21NO4/c1-11(2,3)17-10(14)13-7-12(15)6-8-4-5-9(12)16-8/h8-9,15H,4-7H2,1-3H3,(H,13,14). The Balaban J connectivity index is 1.80. The van der Waals surface area contributed by atoms with Gasteiger partial charge < -0.3 is 19.9 Å². The maximum absolute atomic E-state index is 11.5. The lowest BCUT2D eigenvalue weighted by molar-refractivity contribution is -0.0297. The fourth-order valence-corrected chi connectivity index (χ4v) is 2.50. The summed E-state index contributed by atoms with van der Waals surface area (Å²) in [4.78, 5) is 11.5. The van der Waals surface area contributed by atoms with Crippen LogP contribution >= 0.6 is 0 Å². The van der Waals surface area contributed by atoms with Crippen molar-refractivity contribution in [2.75, 3.05) is 6.54 Å². The van der Waals surface area contributed by atoms with Crippen LogP contribution in [0.2, 0.25) is 0 Å². The fraction of sp³-hybridized carbons (Fsp3) is 0.917. The predicted molar refractivity (Wildman–Crippen MR) is 61.7 cm³/mol. The number of rotatable bonds is 2. The Morgan fingerprint density at radius 1 is 1.53 bits per heavy atom. The number of hydrogen-bond acceptors (Lipinski definition) is 4. The summed E-state index contributed by atoms with van der Waals surface area (Å²) in [5.74, 6) is 0. The monoisotopic (exact) mass is 243 g/mol. The van der Waals surface area contributed by atoms with Gasteiger partial charge in [0.25, 0.3) is 0 Å². The Morgan fingerprint density at radius 3 is 2.71 bits per heavy atom. The third-order valence-electron chi connectivity index (χ3n) is 3.23. The highest BCUT2D eigenvalue weighted by molar-refractivity contribution is 5.67. The van der Waals surface area contributed by atoms with Crippen LogP contribution in [0.4, 0.5) is 4.79 Å². The third kappa shape index (κ3) is 2.90. The molecule has 0 aromatic carbocycles. The van der Waals surface area contributed by atoms with Crippen molar-refractivity contribution in [1.82, 2.24) is 5.32 Å². The highest BCUT2D eigenvalue weighted by Gasteiger charge is 2.51. The minimum absolute atomic E-state index is 0.137. The summed E-state index contributed by atoms with van der Waals surface area (Å²) < 4.78 is 10.7. The Kier molecular flexibility index (Phi) is 3.08. The van der Waals surface area contributed by atoms with Crippen molar-refractivity contribution in [3.63, 3.8) is 0 Å². The molecule has 17 heavy (non-hydrogen) atoms. The molecule has 2 N–H and O–H groups in total. The van der Waals surface area contributed by atoms with Gasteiger partial charge >= 0.3 is 6.09 Å². The molecule has 2 saturated heterocycles. The minimum Gasteiger partial charge on any atom is -0.444 e. The second-order valence-corrected chi connectivity index (χ2v) is 5.99. The highest BCUT2D eigenvalue weighted by Crippen LogP contribution is 2.41. The minimum atomic E-state index is -0.917. The number of alkyl carbamates (subject to hydrolysis) is 1. The van der Waals surface area contributed by atoms with Crippen LogP contribution in [0.1, 0.15) is 40.0 Å². The summed E-state index contributed by atoms with van der Waals surface area (Å²) in [6.45, 7) is 5.62. The number of hydrogen-bond donors (Lipinski definition) is 2. The SMILES string of the molecule is CC(C)(C)OC(=O)NCC1(O)CC2CCC1O2. The van der Waals surface area contributed by atoms with E-state index in [1.807, 2.05) is 20.8 Å². The van der Waals surface area contributed by atoms with E-state index in [1.54, 1.807) is 0 Å². The molecule has 3 atom stereocenters. The van der Waals surface area contributed by atoms with E-state index in [4.69, 9.17) is 9.47 Å². The van der Waals surface area contributed by atoms with E-state index >= 15 is 0 Å². The number of carbonyl (C=O) groups excluding carboxylic acids is 1. The molecule has 0 radical (unpaired) electrons. The largest absolute Gasteiger partial charge is 0.444 e. The zero-order chi connectivity index (χ0) is 12.7. The van der Waals surface area contributed by atoms with E-state index in [1.165, 1.54) is 0 Å². The average molecular weight is 243 g/mol. The number of aliphatic hydroxyl groups is 1. The summed E-state index contributed by atoms with van der Waals surface area (Å²) in [7, 11) is 0. The van der Waals surface area contributed by atoms with Crippen LogP contribution in [0.3, 0.4) is 0 Å². The Labute approximate surface area is 101 Å². The van der Waals surface area contributed by atoms with Crippen LogP contribution < -0.4 is 5.32 Å². The molecule has 5 heteroatoms. The van der Waals surface area contributed by atoms with Crippen LogP contribution in [0.25, 0.3) is 0 Å². The number of ether oxygens (including phenoxy) is 2. The van der Waals surface area contributed by atoms with Crippen molar-refractivity contribution in [1.29, 1.82) is 0 Å². The van der Waals surface area contributed by atoms with Gasteiger partial charge in [0.15, 0.2) is 0 Å². The molecule has 0 aromatic heterocycles. The van der Waals surface area contributed by atoms with Crippen LogP contribution in [-0.4, -0.2) is 41.2 Å². The summed E-state index contributed by atoms with van der Waals surface area (Å²) in [5, 5.41) is 12.9. The van der Waals surface area contributed by atoms with Gasteiger partial charge in [0, 0.05) is 6.42 Å². The first-order chi connectivity index (χ1) is 7.78. The normalized spacial score (nSPS) is 36.0. The molecule has 2 heterocycles. The molecule has 0 spiro atoms. The third-order valence-corrected chi connectivity index (χ3v) is 3.23. The smallest absolute Gasteiger partial charge is 0.407 e. The summed E-state index contributed by atoms with van der Waals surface area (Å²) >= 11 is 0. The van der Waals surface area contributed by atoms with Crippen molar-refractivity contribution in [2.45, 2.75) is 63.4 Å². The van der Waals surface area contributed by atoms with Crippen molar-refractivity contribution in [3.8, 4) is 0 Å². The average Bonchev–Trinajstić information content (AvgIpc) is 2.72. The molecule has 2 rings (SSSR count). The molecular formula is C12H21NO4. The molecule has 0 aromatic rings. The van der Waals surface area contributed by atoms with E-state index in [9.17, 15) is 9.90 Å². The Morgan fingerprint density at radius 2 is 2.24 bits per heavy atom. The van der Waals surface area contributed by atoms with E-state index in [0.717, 1.165) is 12.8 Å². The molecule has 0 aliphatic carbocycles. The molecule has 2 bridgehead atoms. The zero-order valence-electron chi connectivity index (χ0n) is 10.7. The number of fused-ring (bicyclic) bond motifs is 2. The van der Waals surface area contributed by atoms with Gasteiger partial charge in [-0.2, -0.15) is 0 Å². The van der Waals surface area contributed by atoms with Crippen molar-refractivity contribution < 1.29 is 19.4 Å². The summed E-state index contributed by atoms with van der Waals surface area (Å²) in [6.07, 6.45) is 2.02. The molecule has 3 unspecified atom stereocenters. The van der Waals surface area contributed by atoms with Gasteiger partial charge in [-0.1, -0.05) is 0 Å². The predicted octanol–water partition coefficient (Wildman–Crippen LogP) is 1.19. The number of amides is 1. The van der Waals surface area contributed by atoms with Gasteiger partial charge in [-0.15, -0.1) is 0 Å². The number of nitrogens with one attached hydrogen (secondary N) is 1. The zero-order valence-corrected chi connectivity index (χ0v) is 10.7. The maximum Gasteiger partial charge on any atom is 0.407 e. The highest BCUT2D eigenvalue weighted by atomic mass is 16.6. The number of carbonyl (C=O) groups is 1. The lowest BCUT2D eigenvalue weighted by Gasteiger charge is -2.30. The quantitative estimate of drug-likeness (QED) is 0.764. The van der Waals surface area contributed by atoms with Crippen molar-refractivity contribution in [2.24, 2.45) is 0 Å².